The van der Waals surface area contributed by atoms with Crippen LogP contribution in [0.25, 0.3) is 11.3 Å². The van der Waals surface area contributed by atoms with Crippen LogP contribution in [0.3, 0.4) is 0 Å². The summed E-state index contributed by atoms with van der Waals surface area (Å²) in [5, 5.41) is 3.66. The fourth-order valence-corrected chi connectivity index (χ4v) is 4.07. The summed E-state index contributed by atoms with van der Waals surface area (Å²) in [6.45, 7) is 8.31. The van der Waals surface area contributed by atoms with E-state index in [2.05, 4.69) is 44.3 Å². The average Bonchev–Trinajstić information content (AvgIpc) is 3.00. The van der Waals surface area contributed by atoms with E-state index in [0.29, 0.717) is 10.7 Å². The molecule has 5 heteroatoms. The van der Waals surface area contributed by atoms with Crippen molar-refractivity contribution in [1.82, 2.24) is 4.98 Å². The van der Waals surface area contributed by atoms with Crippen LogP contribution in [0.5, 0.6) is 0 Å². The molecule has 0 aliphatic heterocycles. The third kappa shape index (κ3) is 4.76. The monoisotopic (exact) mass is 400 g/mol. The van der Waals surface area contributed by atoms with E-state index in [1.54, 1.807) is 11.3 Å². The lowest BCUT2D eigenvalue weighted by Crippen LogP contribution is -2.13. The van der Waals surface area contributed by atoms with Gasteiger partial charge < -0.3 is 0 Å². The molecule has 1 aromatic heterocycles. The van der Waals surface area contributed by atoms with Crippen molar-refractivity contribution in [2.24, 2.45) is 0 Å². The SMILES string of the molecule is CCCc1sc(NC(=O)c2ccccc2C)nc1-c1cc(C)ccc1C.Cl. The Kier molecular flexibility index (Phi) is 7.17. The van der Waals surface area contributed by atoms with Crippen molar-refractivity contribution in [2.75, 3.05) is 5.32 Å². The Bertz CT molecular complexity index is 949. The zero-order valence-electron chi connectivity index (χ0n) is 16.1. The first-order valence-electron chi connectivity index (χ1n) is 8.94. The Hall–Kier alpha value is -2.17. The summed E-state index contributed by atoms with van der Waals surface area (Å²) in [5.41, 5.74) is 6.22. The Morgan fingerprint density at radius 3 is 2.52 bits per heavy atom. The molecule has 2 aromatic carbocycles. The average molecular weight is 401 g/mol. The number of hydrogen-bond acceptors (Lipinski definition) is 3. The van der Waals surface area contributed by atoms with Gasteiger partial charge in [0.25, 0.3) is 5.91 Å². The highest BCUT2D eigenvalue weighted by Gasteiger charge is 2.17. The molecule has 1 heterocycles. The number of thiazole rings is 1. The molecule has 3 rings (SSSR count). The van der Waals surface area contributed by atoms with Crippen LogP contribution in [0.1, 0.15) is 45.3 Å². The summed E-state index contributed by atoms with van der Waals surface area (Å²) in [4.78, 5) is 18.6. The maximum Gasteiger partial charge on any atom is 0.257 e. The van der Waals surface area contributed by atoms with Gasteiger partial charge in [-0.05, 0) is 50.5 Å². The Labute approximate surface area is 171 Å². The van der Waals surface area contributed by atoms with Gasteiger partial charge in [0.1, 0.15) is 0 Å². The van der Waals surface area contributed by atoms with E-state index in [1.807, 2.05) is 31.2 Å². The number of rotatable bonds is 5. The van der Waals surface area contributed by atoms with E-state index >= 15 is 0 Å². The molecule has 0 saturated carbocycles. The summed E-state index contributed by atoms with van der Waals surface area (Å²) >= 11 is 1.58. The van der Waals surface area contributed by atoms with Crippen LogP contribution in [0.15, 0.2) is 42.5 Å². The molecule has 3 aromatic rings. The van der Waals surface area contributed by atoms with Gasteiger partial charge in [0.05, 0.1) is 5.69 Å². The molecule has 0 spiro atoms. The van der Waals surface area contributed by atoms with Crippen LogP contribution in [-0.4, -0.2) is 10.9 Å². The number of amides is 1. The van der Waals surface area contributed by atoms with Crippen molar-refractivity contribution < 1.29 is 4.79 Å². The Morgan fingerprint density at radius 2 is 1.81 bits per heavy atom. The highest BCUT2D eigenvalue weighted by atomic mass is 35.5. The van der Waals surface area contributed by atoms with Gasteiger partial charge in [0, 0.05) is 16.0 Å². The van der Waals surface area contributed by atoms with Gasteiger partial charge >= 0.3 is 0 Å². The highest BCUT2D eigenvalue weighted by molar-refractivity contribution is 7.16. The number of halogens is 1. The largest absolute Gasteiger partial charge is 0.298 e. The minimum Gasteiger partial charge on any atom is -0.298 e. The number of carbonyl (C=O) groups is 1. The third-order valence-corrected chi connectivity index (χ3v) is 5.46. The first kappa shape index (κ1) is 21.1. The number of carbonyl (C=O) groups excluding carboxylic acids is 1. The molecule has 0 aliphatic rings. The standard InChI is InChI=1S/C22H24N2OS.ClH/c1-5-8-19-20(18-13-14(2)11-12-16(18)4)23-22(26-19)24-21(25)17-10-7-6-9-15(17)3;/h6-7,9-13H,5,8H2,1-4H3,(H,23,24,25);1H. The molecule has 0 bridgehead atoms. The van der Waals surface area contributed by atoms with E-state index in [4.69, 9.17) is 4.98 Å². The molecule has 0 atom stereocenters. The molecule has 0 saturated heterocycles. The Balaban J connectivity index is 0.00000261. The van der Waals surface area contributed by atoms with Gasteiger partial charge in [0.15, 0.2) is 5.13 Å². The molecule has 27 heavy (non-hydrogen) atoms. The van der Waals surface area contributed by atoms with Crippen LogP contribution in [0, 0.1) is 20.8 Å². The number of aryl methyl sites for hydroxylation is 4. The molecule has 0 unspecified atom stereocenters. The zero-order valence-corrected chi connectivity index (χ0v) is 17.8. The van der Waals surface area contributed by atoms with Crippen LogP contribution in [-0.2, 0) is 6.42 Å². The van der Waals surface area contributed by atoms with Crippen LogP contribution >= 0.6 is 23.7 Å². The first-order chi connectivity index (χ1) is 12.5. The van der Waals surface area contributed by atoms with E-state index in [-0.39, 0.29) is 18.3 Å². The molecule has 0 radical (unpaired) electrons. The minimum absolute atomic E-state index is 0. The number of aromatic nitrogens is 1. The van der Waals surface area contributed by atoms with Gasteiger partial charge in [-0.1, -0.05) is 49.2 Å². The Morgan fingerprint density at radius 1 is 1.07 bits per heavy atom. The second-order valence-electron chi connectivity index (χ2n) is 6.63. The fourth-order valence-electron chi connectivity index (χ4n) is 3.00. The van der Waals surface area contributed by atoms with Crippen LogP contribution < -0.4 is 5.32 Å². The molecule has 3 nitrogen and oxygen atoms in total. The highest BCUT2D eigenvalue weighted by Crippen LogP contribution is 2.34. The van der Waals surface area contributed by atoms with E-state index < -0.39 is 0 Å². The second-order valence-corrected chi connectivity index (χ2v) is 7.71. The van der Waals surface area contributed by atoms with E-state index in [9.17, 15) is 4.79 Å². The molecule has 142 valence electrons. The predicted molar refractivity (Wildman–Crippen MR) is 117 cm³/mol. The molecule has 1 N–H and O–H groups in total. The van der Waals surface area contributed by atoms with E-state index in [0.717, 1.165) is 29.7 Å². The maximum atomic E-state index is 12.6. The molecule has 0 fully saturated rings. The number of nitrogens with zero attached hydrogens (tertiary/aromatic N) is 1. The zero-order chi connectivity index (χ0) is 18.7. The first-order valence-corrected chi connectivity index (χ1v) is 9.75. The molecule has 1 amide bonds. The van der Waals surface area contributed by atoms with Crippen molar-refractivity contribution in [2.45, 2.75) is 40.5 Å². The van der Waals surface area contributed by atoms with Gasteiger partial charge in [-0.3, -0.25) is 10.1 Å². The molecular weight excluding hydrogens is 376 g/mol. The van der Waals surface area contributed by atoms with Crippen molar-refractivity contribution >= 4 is 34.8 Å². The molecule has 0 aliphatic carbocycles. The van der Waals surface area contributed by atoms with Gasteiger partial charge in [-0.15, -0.1) is 23.7 Å². The van der Waals surface area contributed by atoms with Crippen molar-refractivity contribution in [3.63, 3.8) is 0 Å². The smallest absolute Gasteiger partial charge is 0.257 e. The van der Waals surface area contributed by atoms with Gasteiger partial charge in [0.2, 0.25) is 0 Å². The molecular formula is C22H25ClN2OS. The minimum atomic E-state index is -0.104. The van der Waals surface area contributed by atoms with Crippen molar-refractivity contribution in [3.8, 4) is 11.3 Å². The van der Waals surface area contributed by atoms with Gasteiger partial charge in [-0.2, -0.15) is 0 Å². The fraction of sp³-hybridized carbons (Fsp3) is 0.273. The van der Waals surface area contributed by atoms with Crippen molar-refractivity contribution in [3.05, 3.63) is 69.6 Å². The summed E-state index contributed by atoms with van der Waals surface area (Å²) < 4.78 is 0. The number of benzene rings is 2. The van der Waals surface area contributed by atoms with Gasteiger partial charge in [-0.25, -0.2) is 4.98 Å². The van der Waals surface area contributed by atoms with Crippen molar-refractivity contribution in [1.29, 1.82) is 0 Å². The van der Waals surface area contributed by atoms with Crippen LogP contribution in [0.4, 0.5) is 5.13 Å². The number of anilines is 1. The number of nitrogens with one attached hydrogen (secondary N) is 1. The summed E-state index contributed by atoms with van der Waals surface area (Å²) in [5.74, 6) is -0.104. The lowest BCUT2D eigenvalue weighted by Gasteiger charge is -2.07. The lowest BCUT2D eigenvalue weighted by atomic mass is 10.0. The van der Waals surface area contributed by atoms with E-state index in [1.165, 1.54) is 16.0 Å². The predicted octanol–water partition coefficient (Wildman–Crippen LogP) is 6.36. The lowest BCUT2D eigenvalue weighted by molar-refractivity contribution is 0.102. The maximum absolute atomic E-state index is 12.6. The second kappa shape index (κ2) is 9.16. The topological polar surface area (TPSA) is 42.0 Å². The summed E-state index contributed by atoms with van der Waals surface area (Å²) in [6, 6.07) is 14.0. The third-order valence-electron chi connectivity index (χ3n) is 4.43. The summed E-state index contributed by atoms with van der Waals surface area (Å²) in [6.07, 6.45) is 2.01. The normalized spacial score (nSPS) is 10.4. The summed E-state index contributed by atoms with van der Waals surface area (Å²) in [7, 11) is 0. The quantitative estimate of drug-likeness (QED) is 0.541. The van der Waals surface area contributed by atoms with Crippen LogP contribution in [0.2, 0.25) is 0 Å². The number of hydrogen-bond donors (Lipinski definition) is 1.